The maximum atomic E-state index is 14.0. The lowest BCUT2D eigenvalue weighted by molar-refractivity contribution is -0.119. The van der Waals surface area contributed by atoms with Crippen molar-refractivity contribution >= 4 is 23.1 Å². The van der Waals surface area contributed by atoms with E-state index in [1.807, 2.05) is 18.7 Å². The van der Waals surface area contributed by atoms with Gasteiger partial charge in [-0.05, 0) is 12.0 Å². The highest BCUT2D eigenvalue weighted by atomic mass is 32.1. The van der Waals surface area contributed by atoms with Crippen molar-refractivity contribution in [3.05, 3.63) is 35.1 Å². The molecule has 0 saturated carbocycles. The average Bonchev–Trinajstić information content (AvgIpc) is 2.29. The largest absolute Gasteiger partial charge is 0.389 e. The Morgan fingerprint density at radius 1 is 1.40 bits per heavy atom. The van der Waals surface area contributed by atoms with E-state index in [-0.39, 0.29) is 17.4 Å². The monoisotopic (exact) mass is 297 g/mol. The lowest BCUT2D eigenvalue weighted by Gasteiger charge is -2.23. The van der Waals surface area contributed by atoms with Gasteiger partial charge in [0.25, 0.3) is 0 Å². The van der Waals surface area contributed by atoms with Crippen LogP contribution in [0.3, 0.4) is 0 Å². The minimum Gasteiger partial charge on any atom is -0.389 e. The Bertz CT molecular complexity index is 505. The topological polar surface area (TPSA) is 72.3 Å². The summed E-state index contributed by atoms with van der Waals surface area (Å²) < 4.78 is 14.0. The van der Waals surface area contributed by atoms with Crippen LogP contribution in [0.2, 0.25) is 0 Å². The third kappa shape index (κ3) is 5.22. The van der Waals surface area contributed by atoms with Gasteiger partial charge in [0.1, 0.15) is 10.8 Å². The van der Waals surface area contributed by atoms with Gasteiger partial charge in [0, 0.05) is 24.2 Å². The fourth-order valence-corrected chi connectivity index (χ4v) is 2.12. The number of hydrogen-bond acceptors (Lipinski definition) is 3. The smallest absolute Gasteiger partial charge is 0.231 e. The van der Waals surface area contributed by atoms with Gasteiger partial charge in [-0.15, -0.1) is 0 Å². The Balaban J connectivity index is 2.87. The van der Waals surface area contributed by atoms with Crippen LogP contribution in [0.25, 0.3) is 0 Å². The molecule has 1 rings (SSSR count). The Morgan fingerprint density at radius 3 is 2.50 bits per heavy atom. The highest BCUT2D eigenvalue weighted by Crippen LogP contribution is 2.14. The van der Waals surface area contributed by atoms with E-state index in [2.05, 4.69) is 0 Å². The zero-order valence-corrected chi connectivity index (χ0v) is 12.5. The average molecular weight is 297 g/mol. The van der Waals surface area contributed by atoms with Crippen molar-refractivity contribution in [1.82, 2.24) is 4.90 Å². The molecule has 20 heavy (non-hydrogen) atoms. The highest BCUT2D eigenvalue weighted by Gasteiger charge is 2.14. The maximum absolute atomic E-state index is 14.0. The van der Waals surface area contributed by atoms with Gasteiger partial charge in [0.05, 0.1) is 6.54 Å². The summed E-state index contributed by atoms with van der Waals surface area (Å²) >= 11 is 4.81. The fourth-order valence-electron chi connectivity index (χ4n) is 1.99. The number of carbonyl (C=O) groups is 1. The van der Waals surface area contributed by atoms with Crippen LogP contribution in [0.15, 0.2) is 18.2 Å². The number of thiocarbonyl (C=S) groups is 1. The molecule has 110 valence electrons. The summed E-state index contributed by atoms with van der Waals surface area (Å²) in [7, 11) is 0. The molecule has 0 aliphatic carbocycles. The first kappa shape index (κ1) is 16.5. The van der Waals surface area contributed by atoms with Crippen LogP contribution >= 0.6 is 12.2 Å². The number of halogens is 1. The van der Waals surface area contributed by atoms with Crippen molar-refractivity contribution in [2.24, 2.45) is 17.4 Å². The van der Waals surface area contributed by atoms with Gasteiger partial charge >= 0.3 is 0 Å². The highest BCUT2D eigenvalue weighted by molar-refractivity contribution is 7.80. The molecule has 1 amide bonds. The first-order valence-electron chi connectivity index (χ1n) is 6.38. The van der Waals surface area contributed by atoms with E-state index >= 15 is 0 Å². The maximum Gasteiger partial charge on any atom is 0.231 e. The van der Waals surface area contributed by atoms with Crippen LogP contribution in [0, 0.1) is 11.7 Å². The standard InChI is InChI=1S/C14H20FN3OS/c1-9(2)6-18(8-13(16)19)7-11-4-3-10(14(17)20)5-12(11)15/h3-5,9H,6-8H2,1-2H3,(H2,16,19)(H2,17,20). The molecule has 0 saturated heterocycles. The van der Waals surface area contributed by atoms with Crippen LogP contribution in [-0.2, 0) is 11.3 Å². The van der Waals surface area contributed by atoms with Crippen LogP contribution in [-0.4, -0.2) is 28.9 Å². The number of nitrogens with two attached hydrogens (primary N) is 2. The van der Waals surface area contributed by atoms with Gasteiger partial charge in [0.15, 0.2) is 0 Å². The van der Waals surface area contributed by atoms with Crippen LogP contribution in [0.4, 0.5) is 4.39 Å². The van der Waals surface area contributed by atoms with E-state index in [0.29, 0.717) is 30.1 Å². The van der Waals surface area contributed by atoms with Crippen molar-refractivity contribution in [1.29, 1.82) is 0 Å². The number of nitrogens with zero attached hydrogens (tertiary/aromatic N) is 1. The molecule has 0 aromatic heterocycles. The lowest BCUT2D eigenvalue weighted by Crippen LogP contribution is -2.36. The van der Waals surface area contributed by atoms with E-state index < -0.39 is 5.91 Å². The second-order valence-corrected chi connectivity index (χ2v) is 5.64. The third-order valence-electron chi connectivity index (χ3n) is 2.73. The van der Waals surface area contributed by atoms with Crippen molar-refractivity contribution in [3.8, 4) is 0 Å². The molecule has 0 fully saturated rings. The van der Waals surface area contributed by atoms with E-state index in [4.69, 9.17) is 23.7 Å². The van der Waals surface area contributed by atoms with Gasteiger partial charge in [-0.3, -0.25) is 9.69 Å². The summed E-state index contributed by atoms with van der Waals surface area (Å²) in [5.74, 6) is -0.451. The quantitative estimate of drug-likeness (QED) is 0.746. The SMILES string of the molecule is CC(C)CN(CC(N)=O)Cc1ccc(C(N)=S)cc1F. The summed E-state index contributed by atoms with van der Waals surface area (Å²) in [6.07, 6.45) is 0. The molecule has 0 aliphatic rings. The molecule has 0 atom stereocenters. The number of amides is 1. The van der Waals surface area contributed by atoms with Gasteiger partial charge in [-0.25, -0.2) is 4.39 Å². The molecule has 4 nitrogen and oxygen atoms in total. The van der Waals surface area contributed by atoms with Crippen molar-refractivity contribution in [2.45, 2.75) is 20.4 Å². The van der Waals surface area contributed by atoms with Crippen LogP contribution in [0.1, 0.15) is 25.0 Å². The number of benzene rings is 1. The minimum atomic E-state index is -0.425. The van der Waals surface area contributed by atoms with Gasteiger partial charge in [-0.2, -0.15) is 0 Å². The van der Waals surface area contributed by atoms with Crippen molar-refractivity contribution in [3.63, 3.8) is 0 Å². The molecule has 1 aromatic rings. The fraction of sp³-hybridized carbons (Fsp3) is 0.429. The predicted molar refractivity (Wildman–Crippen MR) is 81.6 cm³/mol. The number of carbonyl (C=O) groups excluding carboxylic acids is 1. The number of hydrogen-bond donors (Lipinski definition) is 2. The normalized spacial score (nSPS) is 11.1. The number of primary amides is 1. The second-order valence-electron chi connectivity index (χ2n) is 5.20. The molecule has 4 N–H and O–H groups in total. The molecule has 0 bridgehead atoms. The molecule has 0 heterocycles. The Kier molecular flexibility index (Phi) is 6.04. The van der Waals surface area contributed by atoms with Gasteiger partial charge < -0.3 is 11.5 Å². The molecule has 6 heteroatoms. The molecule has 0 radical (unpaired) electrons. The first-order valence-corrected chi connectivity index (χ1v) is 6.79. The zero-order valence-electron chi connectivity index (χ0n) is 11.7. The second kappa shape index (κ2) is 7.31. The van der Waals surface area contributed by atoms with Crippen molar-refractivity contribution in [2.75, 3.05) is 13.1 Å². The minimum absolute atomic E-state index is 0.106. The van der Waals surface area contributed by atoms with E-state index in [1.165, 1.54) is 6.07 Å². The van der Waals surface area contributed by atoms with E-state index in [9.17, 15) is 9.18 Å². The van der Waals surface area contributed by atoms with Crippen LogP contribution < -0.4 is 11.5 Å². The summed E-state index contributed by atoms with van der Waals surface area (Å²) in [6, 6.07) is 4.63. The zero-order chi connectivity index (χ0) is 15.3. The first-order chi connectivity index (χ1) is 9.29. The number of rotatable bonds is 7. The van der Waals surface area contributed by atoms with Gasteiger partial charge in [0.2, 0.25) is 5.91 Å². The molecule has 0 spiro atoms. The molecule has 0 unspecified atom stereocenters. The summed E-state index contributed by atoms with van der Waals surface area (Å²) in [5, 5.41) is 0. The van der Waals surface area contributed by atoms with E-state index in [1.54, 1.807) is 12.1 Å². The van der Waals surface area contributed by atoms with E-state index in [0.717, 1.165) is 0 Å². The molecular formula is C14H20FN3OS. The molecule has 1 aromatic carbocycles. The van der Waals surface area contributed by atoms with Crippen LogP contribution in [0.5, 0.6) is 0 Å². The molecule has 0 aliphatic heterocycles. The summed E-state index contributed by atoms with van der Waals surface area (Å²) in [5.41, 5.74) is 11.7. The van der Waals surface area contributed by atoms with Gasteiger partial charge in [-0.1, -0.05) is 38.2 Å². The predicted octanol–water partition coefficient (Wildman–Crippen LogP) is 1.40. The Labute approximate surface area is 123 Å². The molecular weight excluding hydrogens is 277 g/mol. The summed E-state index contributed by atoms with van der Waals surface area (Å²) in [6.45, 7) is 5.15. The lowest BCUT2D eigenvalue weighted by atomic mass is 10.1. The Hall–Kier alpha value is -1.53. The Morgan fingerprint density at radius 2 is 2.05 bits per heavy atom. The summed E-state index contributed by atoms with van der Waals surface area (Å²) in [4.78, 5) is 13.0. The van der Waals surface area contributed by atoms with Crippen molar-refractivity contribution < 1.29 is 9.18 Å². The third-order valence-corrected chi connectivity index (χ3v) is 2.97.